The molecule has 0 aliphatic carbocycles. The zero-order valence-corrected chi connectivity index (χ0v) is 9.16. The highest BCUT2D eigenvalue weighted by Crippen LogP contribution is 2.14. The first-order valence-corrected chi connectivity index (χ1v) is 5.62. The second-order valence-electron chi connectivity index (χ2n) is 3.26. The maximum atomic E-state index is 11.5. The van der Waals surface area contributed by atoms with E-state index in [1.165, 1.54) is 11.3 Å². The average molecular weight is 239 g/mol. The first kappa shape index (κ1) is 11.0. The standard InChI is InChI=1S/C10H9NO4S/c12-7(8-2-1-5-16-8)6-15-11-9(13)3-4-10(11)14/h1-2,5H,3-4,6H2. The Morgan fingerprint density at radius 1 is 1.38 bits per heavy atom. The SMILES string of the molecule is O=C(CON1C(=O)CCC1=O)c1cccs1. The summed E-state index contributed by atoms with van der Waals surface area (Å²) >= 11 is 1.30. The number of carbonyl (C=O) groups is 3. The third-order valence-corrected chi connectivity index (χ3v) is 3.04. The predicted octanol–water partition coefficient (Wildman–Crippen LogP) is 1.01. The van der Waals surface area contributed by atoms with Crippen molar-refractivity contribution < 1.29 is 19.2 Å². The van der Waals surface area contributed by atoms with Gasteiger partial charge in [0.2, 0.25) is 5.78 Å². The van der Waals surface area contributed by atoms with Crippen LogP contribution in [0.1, 0.15) is 22.5 Å². The van der Waals surface area contributed by atoms with Crippen molar-refractivity contribution in [3.63, 3.8) is 0 Å². The van der Waals surface area contributed by atoms with Gasteiger partial charge >= 0.3 is 0 Å². The Kier molecular flexibility index (Phi) is 3.12. The van der Waals surface area contributed by atoms with Gasteiger partial charge in [-0.3, -0.25) is 19.2 Å². The molecule has 0 spiro atoms. The summed E-state index contributed by atoms with van der Waals surface area (Å²) in [6.07, 6.45) is 0.318. The third-order valence-electron chi connectivity index (χ3n) is 2.13. The van der Waals surface area contributed by atoms with E-state index in [9.17, 15) is 14.4 Å². The number of hydroxylamine groups is 2. The highest BCUT2D eigenvalue weighted by molar-refractivity contribution is 7.12. The minimum atomic E-state index is -0.385. The van der Waals surface area contributed by atoms with Gasteiger partial charge in [0.25, 0.3) is 11.8 Å². The number of Topliss-reactive ketones (excluding diaryl/α,β-unsaturated/α-hetero) is 1. The molecule has 84 valence electrons. The molecule has 1 aromatic heterocycles. The number of nitrogens with zero attached hydrogens (tertiary/aromatic N) is 1. The van der Waals surface area contributed by atoms with Gasteiger partial charge in [0.1, 0.15) is 6.61 Å². The number of hydrogen-bond acceptors (Lipinski definition) is 5. The Labute approximate surface area is 95.6 Å². The van der Waals surface area contributed by atoms with Crippen LogP contribution < -0.4 is 0 Å². The Morgan fingerprint density at radius 3 is 2.62 bits per heavy atom. The molecule has 2 heterocycles. The lowest BCUT2D eigenvalue weighted by molar-refractivity contribution is -0.183. The summed E-state index contributed by atoms with van der Waals surface area (Å²) in [6.45, 7) is -0.280. The quantitative estimate of drug-likeness (QED) is 0.581. The summed E-state index contributed by atoms with van der Waals surface area (Å²) in [6, 6.07) is 3.42. The van der Waals surface area contributed by atoms with Crippen LogP contribution in [0.2, 0.25) is 0 Å². The third kappa shape index (κ3) is 2.17. The van der Waals surface area contributed by atoms with Crippen LogP contribution in [-0.2, 0) is 14.4 Å². The first-order chi connectivity index (χ1) is 7.68. The Hall–Kier alpha value is -1.53. The molecule has 1 saturated heterocycles. The zero-order valence-electron chi connectivity index (χ0n) is 8.34. The molecule has 6 heteroatoms. The van der Waals surface area contributed by atoms with Crippen LogP contribution in [0.4, 0.5) is 0 Å². The summed E-state index contributed by atoms with van der Waals surface area (Å²) in [5.74, 6) is -1.00. The second-order valence-corrected chi connectivity index (χ2v) is 4.20. The summed E-state index contributed by atoms with van der Waals surface area (Å²) in [7, 11) is 0. The van der Waals surface area contributed by atoms with Gasteiger partial charge in [0.05, 0.1) is 4.88 Å². The number of imide groups is 1. The predicted molar refractivity (Wildman–Crippen MR) is 55.7 cm³/mol. The molecule has 0 saturated carbocycles. The monoisotopic (exact) mass is 239 g/mol. The van der Waals surface area contributed by atoms with Gasteiger partial charge in [-0.15, -0.1) is 11.3 Å². The fourth-order valence-electron chi connectivity index (χ4n) is 1.33. The minimum absolute atomic E-state index is 0.159. The number of carbonyl (C=O) groups excluding carboxylic acids is 3. The molecule has 1 aliphatic rings. The van der Waals surface area contributed by atoms with E-state index in [4.69, 9.17) is 4.84 Å². The minimum Gasteiger partial charge on any atom is -0.291 e. The molecule has 0 unspecified atom stereocenters. The maximum absolute atomic E-state index is 11.5. The van der Waals surface area contributed by atoms with Gasteiger partial charge in [0.15, 0.2) is 0 Å². The summed E-state index contributed by atoms with van der Waals surface area (Å²) in [5, 5.41) is 2.46. The lowest BCUT2D eigenvalue weighted by Crippen LogP contribution is -2.31. The van der Waals surface area contributed by atoms with Crippen LogP contribution >= 0.6 is 11.3 Å². The van der Waals surface area contributed by atoms with E-state index in [0.29, 0.717) is 9.94 Å². The molecule has 0 atom stereocenters. The van der Waals surface area contributed by atoms with E-state index < -0.39 is 0 Å². The topological polar surface area (TPSA) is 63.7 Å². The molecule has 1 fully saturated rings. The van der Waals surface area contributed by atoms with Crippen molar-refractivity contribution >= 4 is 28.9 Å². The van der Waals surface area contributed by atoms with Gasteiger partial charge < -0.3 is 0 Å². The normalized spacial score (nSPS) is 15.9. The number of amides is 2. The molecular weight excluding hydrogens is 230 g/mol. The van der Waals surface area contributed by atoms with Crippen LogP contribution in [-0.4, -0.2) is 29.3 Å². The highest BCUT2D eigenvalue weighted by atomic mass is 32.1. The van der Waals surface area contributed by atoms with E-state index in [2.05, 4.69) is 0 Å². The summed E-state index contributed by atoms with van der Waals surface area (Å²) < 4.78 is 0. The van der Waals surface area contributed by atoms with Crippen molar-refractivity contribution in [2.24, 2.45) is 0 Å². The zero-order chi connectivity index (χ0) is 11.5. The van der Waals surface area contributed by atoms with E-state index in [1.807, 2.05) is 0 Å². The molecule has 0 N–H and O–H groups in total. The molecule has 0 radical (unpaired) electrons. The van der Waals surface area contributed by atoms with E-state index >= 15 is 0 Å². The number of rotatable bonds is 4. The second kappa shape index (κ2) is 4.54. The molecular formula is C10H9NO4S. The lowest BCUT2D eigenvalue weighted by Gasteiger charge is -2.11. The molecule has 2 rings (SSSR count). The average Bonchev–Trinajstić information content (AvgIpc) is 2.87. The highest BCUT2D eigenvalue weighted by Gasteiger charge is 2.30. The Morgan fingerprint density at radius 2 is 2.06 bits per heavy atom. The van der Waals surface area contributed by atoms with Crippen LogP contribution in [0.5, 0.6) is 0 Å². The molecule has 0 bridgehead atoms. The molecule has 5 nitrogen and oxygen atoms in total. The smallest absolute Gasteiger partial charge is 0.254 e. The van der Waals surface area contributed by atoms with Crippen molar-refractivity contribution in [1.29, 1.82) is 0 Å². The van der Waals surface area contributed by atoms with Gasteiger partial charge in [-0.25, -0.2) is 0 Å². The van der Waals surface area contributed by atoms with Crippen LogP contribution in [0, 0.1) is 0 Å². The number of ketones is 1. The van der Waals surface area contributed by atoms with Gasteiger partial charge in [-0.1, -0.05) is 6.07 Å². The van der Waals surface area contributed by atoms with Gasteiger partial charge in [-0.05, 0) is 11.4 Å². The summed E-state index contributed by atoms with van der Waals surface area (Å²) in [4.78, 5) is 39.3. The molecule has 1 aliphatic heterocycles. The van der Waals surface area contributed by atoms with Crippen molar-refractivity contribution in [3.8, 4) is 0 Å². The van der Waals surface area contributed by atoms with E-state index in [-0.39, 0.29) is 37.0 Å². The van der Waals surface area contributed by atoms with Crippen molar-refractivity contribution in [2.75, 3.05) is 6.61 Å². The Bertz CT molecular complexity index is 410. The molecule has 0 aromatic carbocycles. The molecule has 1 aromatic rings. The number of thiophene rings is 1. The van der Waals surface area contributed by atoms with Crippen LogP contribution in [0.25, 0.3) is 0 Å². The van der Waals surface area contributed by atoms with E-state index in [1.54, 1.807) is 17.5 Å². The fourth-order valence-corrected chi connectivity index (χ4v) is 1.98. The van der Waals surface area contributed by atoms with E-state index in [0.717, 1.165) is 0 Å². The fraction of sp³-hybridized carbons (Fsp3) is 0.300. The lowest BCUT2D eigenvalue weighted by atomic mass is 10.3. The summed E-state index contributed by atoms with van der Waals surface area (Å²) in [5.41, 5.74) is 0. The largest absolute Gasteiger partial charge is 0.291 e. The van der Waals surface area contributed by atoms with Gasteiger partial charge in [0, 0.05) is 12.8 Å². The molecule has 2 amide bonds. The Balaban J connectivity index is 1.90. The van der Waals surface area contributed by atoms with Crippen LogP contribution in [0.3, 0.4) is 0 Å². The van der Waals surface area contributed by atoms with Crippen molar-refractivity contribution in [2.45, 2.75) is 12.8 Å². The van der Waals surface area contributed by atoms with Crippen molar-refractivity contribution in [3.05, 3.63) is 22.4 Å². The van der Waals surface area contributed by atoms with Gasteiger partial charge in [-0.2, -0.15) is 5.06 Å². The first-order valence-electron chi connectivity index (χ1n) is 4.74. The molecule has 16 heavy (non-hydrogen) atoms. The van der Waals surface area contributed by atoms with Crippen LogP contribution in [0.15, 0.2) is 17.5 Å². The van der Waals surface area contributed by atoms with Crippen molar-refractivity contribution in [1.82, 2.24) is 5.06 Å². The maximum Gasteiger partial charge on any atom is 0.254 e. The number of hydrogen-bond donors (Lipinski definition) is 0.